The lowest BCUT2D eigenvalue weighted by Crippen LogP contribution is -2.27. The molecule has 0 spiro atoms. The molecule has 0 saturated heterocycles. The van der Waals surface area contributed by atoms with Gasteiger partial charge >= 0.3 is 5.69 Å². The monoisotopic (exact) mass is 430 g/mol. The van der Waals surface area contributed by atoms with Crippen LogP contribution < -0.4 is 10.4 Å². The number of benzene rings is 2. The van der Waals surface area contributed by atoms with Crippen LogP contribution in [0.1, 0.15) is 26.3 Å². The fraction of sp³-hybridized carbons (Fsp3) is 0.240. The average Bonchev–Trinajstić information content (AvgIpc) is 2.99. The number of aromatic nitrogens is 3. The molecule has 0 amide bonds. The minimum Gasteiger partial charge on any atom is -0.456 e. The van der Waals surface area contributed by atoms with E-state index in [4.69, 9.17) is 4.74 Å². The molecule has 2 aromatic heterocycles. The van der Waals surface area contributed by atoms with Crippen LogP contribution in [0.4, 0.5) is 4.39 Å². The Labute approximate surface area is 185 Å². The molecule has 4 aromatic rings. The van der Waals surface area contributed by atoms with E-state index in [-0.39, 0.29) is 16.6 Å². The molecule has 2 aromatic carbocycles. The van der Waals surface area contributed by atoms with Gasteiger partial charge < -0.3 is 4.74 Å². The van der Waals surface area contributed by atoms with Crippen LogP contribution in [-0.4, -0.2) is 14.1 Å². The molecule has 4 rings (SSSR count). The van der Waals surface area contributed by atoms with E-state index in [9.17, 15) is 10.1 Å². The van der Waals surface area contributed by atoms with Gasteiger partial charge in [0.05, 0.1) is 5.52 Å². The highest BCUT2D eigenvalue weighted by molar-refractivity contribution is 5.84. The van der Waals surface area contributed by atoms with Gasteiger partial charge in [-0.05, 0) is 35.2 Å². The maximum absolute atomic E-state index is 15.7. The van der Waals surface area contributed by atoms with E-state index in [1.807, 2.05) is 26.8 Å². The molecule has 0 radical (unpaired) electrons. The van der Waals surface area contributed by atoms with Crippen molar-refractivity contribution in [2.75, 3.05) is 0 Å². The zero-order valence-corrected chi connectivity index (χ0v) is 18.4. The zero-order valence-electron chi connectivity index (χ0n) is 18.4. The first-order valence-corrected chi connectivity index (χ1v) is 10.2. The number of nitrogens with zero attached hydrogens (tertiary/aromatic N) is 4. The second kappa shape index (κ2) is 7.97. The molecule has 32 heavy (non-hydrogen) atoms. The van der Waals surface area contributed by atoms with E-state index in [0.29, 0.717) is 40.3 Å². The molecule has 0 aliphatic rings. The number of hydrogen-bond acceptors (Lipinski definition) is 4. The Morgan fingerprint density at radius 1 is 1.19 bits per heavy atom. The Morgan fingerprint density at radius 2 is 1.97 bits per heavy atom. The highest BCUT2D eigenvalue weighted by atomic mass is 19.1. The number of imidazole rings is 1. The number of aryl methyl sites for hydroxylation is 1. The Hall–Kier alpha value is -3.92. The molecule has 7 heteroatoms. The molecule has 0 unspecified atom stereocenters. The van der Waals surface area contributed by atoms with Gasteiger partial charge in [0, 0.05) is 37.6 Å². The number of ether oxygens (including phenoxy) is 1. The van der Waals surface area contributed by atoms with Crippen LogP contribution >= 0.6 is 0 Å². The Balaban J connectivity index is 1.79. The van der Waals surface area contributed by atoms with Crippen LogP contribution in [0.2, 0.25) is 0 Å². The van der Waals surface area contributed by atoms with Gasteiger partial charge in [0.15, 0.2) is 5.82 Å². The van der Waals surface area contributed by atoms with Gasteiger partial charge in [0.2, 0.25) is 0 Å². The van der Waals surface area contributed by atoms with Crippen LogP contribution in [-0.2, 0) is 13.6 Å². The molecule has 0 saturated carbocycles. The second-order valence-electron chi connectivity index (χ2n) is 8.90. The second-order valence-corrected chi connectivity index (χ2v) is 8.90. The van der Waals surface area contributed by atoms with E-state index in [1.54, 1.807) is 54.1 Å². The summed E-state index contributed by atoms with van der Waals surface area (Å²) in [6.07, 6.45) is 2.96. The van der Waals surface area contributed by atoms with Crippen LogP contribution in [0.5, 0.6) is 11.5 Å². The first-order valence-electron chi connectivity index (χ1n) is 10.2. The standard InChI is InChI=1S/C25H23FN4O2/c1-25(2,3)15-30-20-9-8-19(22(26)23(20)29(4)24(30)31)16-6-5-7-18(12-16)32-21-10-11-28-14-17(21)13-27/h5-12,14H,15H2,1-4H3. The normalized spacial score (nSPS) is 11.5. The Morgan fingerprint density at radius 3 is 2.69 bits per heavy atom. The summed E-state index contributed by atoms with van der Waals surface area (Å²) < 4.78 is 24.5. The van der Waals surface area contributed by atoms with Gasteiger partial charge in [-0.15, -0.1) is 0 Å². The van der Waals surface area contributed by atoms with Gasteiger partial charge in [-0.3, -0.25) is 14.1 Å². The zero-order chi connectivity index (χ0) is 23.0. The van der Waals surface area contributed by atoms with Gasteiger partial charge in [-0.1, -0.05) is 32.9 Å². The molecule has 162 valence electrons. The molecular weight excluding hydrogens is 407 g/mol. The first kappa shape index (κ1) is 21.3. The fourth-order valence-electron chi connectivity index (χ4n) is 3.73. The van der Waals surface area contributed by atoms with Crippen molar-refractivity contribution in [1.82, 2.24) is 14.1 Å². The summed E-state index contributed by atoms with van der Waals surface area (Å²) >= 11 is 0. The van der Waals surface area contributed by atoms with Crippen molar-refractivity contribution >= 4 is 11.0 Å². The van der Waals surface area contributed by atoms with Crippen LogP contribution in [0.25, 0.3) is 22.2 Å². The average molecular weight is 430 g/mol. The quantitative estimate of drug-likeness (QED) is 0.443. The largest absolute Gasteiger partial charge is 0.456 e. The van der Waals surface area contributed by atoms with Crippen molar-refractivity contribution in [3.05, 3.63) is 76.7 Å². The Bertz CT molecular complexity index is 1420. The molecule has 0 aliphatic heterocycles. The van der Waals surface area contributed by atoms with E-state index in [2.05, 4.69) is 4.98 Å². The maximum atomic E-state index is 15.7. The predicted molar refractivity (Wildman–Crippen MR) is 121 cm³/mol. The lowest BCUT2D eigenvalue weighted by Gasteiger charge is -2.18. The van der Waals surface area contributed by atoms with Crippen molar-refractivity contribution < 1.29 is 9.13 Å². The SMILES string of the molecule is Cn1c(=O)n(CC(C)(C)C)c2ccc(-c3cccc(Oc4ccncc4C#N)c3)c(F)c21. The minimum absolute atomic E-state index is 0.131. The van der Waals surface area contributed by atoms with Gasteiger partial charge in [-0.2, -0.15) is 5.26 Å². The summed E-state index contributed by atoms with van der Waals surface area (Å²) in [5.41, 5.74) is 1.73. The highest BCUT2D eigenvalue weighted by Crippen LogP contribution is 2.33. The van der Waals surface area contributed by atoms with Crippen molar-refractivity contribution in [3.63, 3.8) is 0 Å². The number of pyridine rings is 1. The smallest absolute Gasteiger partial charge is 0.328 e. The third kappa shape index (κ3) is 3.87. The molecule has 0 fully saturated rings. The molecule has 0 atom stereocenters. The third-order valence-electron chi connectivity index (χ3n) is 5.15. The predicted octanol–water partition coefficient (Wildman–Crippen LogP) is 5.25. The Kier molecular flexibility index (Phi) is 5.31. The van der Waals surface area contributed by atoms with Gasteiger partial charge in [-0.25, -0.2) is 9.18 Å². The summed E-state index contributed by atoms with van der Waals surface area (Å²) in [6, 6.07) is 14.1. The topological polar surface area (TPSA) is 72.8 Å². The van der Waals surface area contributed by atoms with E-state index in [1.165, 1.54) is 17.0 Å². The number of fused-ring (bicyclic) bond motifs is 1. The summed E-state index contributed by atoms with van der Waals surface area (Å²) in [6.45, 7) is 6.59. The van der Waals surface area contributed by atoms with Crippen LogP contribution in [0.3, 0.4) is 0 Å². The van der Waals surface area contributed by atoms with Crippen molar-refractivity contribution in [2.45, 2.75) is 27.3 Å². The summed E-state index contributed by atoms with van der Waals surface area (Å²) in [7, 11) is 1.59. The third-order valence-corrected chi connectivity index (χ3v) is 5.15. The number of rotatable bonds is 4. The van der Waals surface area contributed by atoms with E-state index in [0.717, 1.165) is 0 Å². The van der Waals surface area contributed by atoms with Gasteiger partial charge in [0.1, 0.15) is 28.6 Å². The van der Waals surface area contributed by atoms with Gasteiger partial charge in [0.25, 0.3) is 0 Å². The van der Waals surface area contributed by atoms with Crippen molar-refractivity contribution in [1.29, 1.82) is 5.26 Å². The van der Waals surface area contributed by atoms with Crippen molar-refractivity contribution in [2.24, 2.45) is 12.5 Å². The van der Waals surface area contributed by atoms with E-state index >= 15 is 4.39 Å². The first-order chi connectivity index (χ1) is 15.2. The lowest BCUT2D eigenvalue weighted by atomic mass is 9.97. The number of nitriles is 1. The molecular formula is C25H23FN4O2. The summed E-state index contributed by atoms with van der Waals surface area (Å²) in [5, 5.41) is 9.24. The summed E-state index contributed by atoms with van der Waals surface area (Å²) in [5.74, 6) is 0.370. The molecule has 0 bridgehead atoms. The minimum atomic E-state index is -0.464. The number of hydrogen-bond donors (Lipinski definition) is 0. The van der Waals surface area contributed by atoms with Crippen LogP contribution in [0.15, 0.2) is 59.7 Å². The van der Waals surface area contributed by atoms with Crippen molar-refractivity contribution in [3.8, 4) is 28.7 Å². The lowest BCUT2D eigenvalue weighted by molar-refractivity contribution is 0.342. The fourth-order valence-corrected chi connectivity index (χ4v) is 3.73. The van der Waals surface area contributed by atoms with E-state index < -0.39 is 5.82 Å². The molecule has 0 N–H and O–H groups in total. The molecule has 2 heterocycles. The van der Waals surface area contributed by atoms with Crippen LogP contribution in [0, 0.1) is 22.6 Å². The number of halogens is 1. The molecule has 6 nitrogen and oxygen atoms in total. The molecule has 0 aliphatic carbocycles. The highest BCUT2D eigenvalue weighted by Gasteiger charge is 2.21. The summed E-state index contributed by atoms with van der Waals surface area (Å²) in [4.78, 5) is 16.7. The maximum Gasteiger partial charge on any atom is 0.328 e.